The molecule has 2 aliphatic heterocycles. The number of hydrogen-bond acceptors (Lipinski definition) is 5. The summed E-state index contributed by atoms with van der Waals surface area (Å²) < 4.78 is 16.2. The molecule has 0 radical (unpaired) electrons. The molecular weight excluding hydrogens is 260 g/mol. The summed E-state index contributed by atoms with van der Waals surface area (Å²) in [6.07, 6.45) is -0.531. The molecule has 0 spiro atoms. The molecule has 0 aliphatic carbocycles. The zero-order valence-corrected chi connectivity index (χ0v) is 11.2. The first-order valence-electron chi connectivity index (χ1n) is 6.79. The van der Waals surface area contributed by atoms with Crippen LogP contribution in [0.1, 0.15) is 5.56 Å². The summed E-state index contributed by atoms with van der Waals surface area (Å²) in [6.45, 7) is 3.53. The molecule has 0 saturated carbocycles. The van der Waals surface area contributed by atoms with Crippen LogP contribution in [0.4, 0.5) is 5.69 Å². The molecule has 1 atom stereocenters. The van der Waals surface area contributed by atoms with Gasteiger partial charge in [0.1, 0.15) is 12.4 Å². The third kappa shape index (κ3) is 3.09. The van der Waals surface area contributed by atoms with Crippen molar-refractivity contribution in [2.75, 3.05) is 38.3 Å². The standard InChI is InChI=1S/C14H18N2O4/c17-14(13-9-18-5-6-20-13)16-11-1-2-12-10(7-11)8-15-3-4-19-12/h1-2,7,13,15H,3-6,8-9H2,(H,16,17). The number of ether oxygens (including phenoxy) is 3. The molecule has 0 aromatic heterocycles. The van der Waals surface area contributed by atoms with Crippen molar-refractivity contribution in [1.82, 2.24) is 5.32 Å². The maximum absolute atomic E-state index is 12.0. The van der Waals surface area contributed by atoms with Crippen molar-refractivity contribution >= 4 is 11.6 Å². The predicted octanol–water partition coefficient (Wildman–Crippen LogP) is 0.522. The van der Waals surface area contributed by atoms with E-state index < -0.39 is 6.10 Å². The number of nitrogens with one attached hydrogen (secondary N) is 2. The number of benzene rings is 1. The molecule has 108 valence electrons. The summed E-state index contributed by atoms with van der Waals surface area (Å²) >= 11 is 0. The van der Waals surface area contributed by atoms with E-state index in [0.717, 1.165) is 30.1 Å². The van der Waals surface area contributed by atoms with Crippen molar-refractivity contribution in [1.29, 1.82) is 0 Å². The number of carbonyl (C=O) groups excluding carboxylic acids is 1. The van der Waals surface area contributed by atoms with Crippen molar-refractivity contribution in [2.24, 2.45) is 0 Å². The SMILES string of the molecule is O=C(Nc1ccc2c(c1)CNCCO2)C1COCCO1. The summed E-state index contributed by atoms with van der Waals surface area (Å²) in [5.74, 6) is 0.692. The molecule has 1 fully saturated rings. The van der Waals surface area contributed by atoms with E-state index in [0.29, 0.717) is 26.4 Å². The minimum atomic E-state index is -0.531. The number of anilines is 1. The van der Waals surface area contributed by atoms with E-state index in [-0.39, 0.29) is 5.91 Å². The molecule has 3 rings (SSSR count). The van der Waals surface area contributed by atoms with E-state index in [1.54, 1.807) is 0 Å². The van der Waals surface area contributed by atoms with E-state index in [1.807, 2.05) is 18.2 Å². The Labute approximate surface area is 117 Å². The van der Waals surface area contributed by atoms with E-state index in [2.05, 4.69) is 10.6 Å². The second-order valence-corrected chi connectivity index (χ2v) is 4.77. The van der Waals surface area contributed by atoms with Gasteiger partial charge in [-0.25, -0.2) is 0 Å². The van der Waals surface area contributed by atoms with E-state index >= 15 is 0 Å². The highest BCUT2D eigenvalue weighted by atomic mass is 16.6. The van der Waals surface area contributed by atoms with E-state index in [4.69, 9.17) is 14.2 Å². The summed E-state index contributed by atoms with van der Waals surface area (Å²) in [5, 5.41) is 6.12. The van der Waals surface area contributed by atoms with Crippen molar-refractivity contribution in [3.63, 3.8) is 0 Å². The number of fused-ring (bicyclic) bond motifs is 1. The summed E-state index contributed by atoms with van der Waals surface area (Å²) in [6, 6.07) is 5.65. The van der Waals surface area contributed by atoms with E-state index in [9.17, 15) is 4.79 Å². The Bertz CT molecular complexity index is 486. The average molecular weight is 278 g/mol. The van der Waals surface area contributed by atoms with Gasteiger partial charge < -0.3 is 24.8 Å². The van der Waals surface area contributed by atoms with Gasteiger partial charge in [0.2, 0.25) is 0 Å². The maximum Gasteiger partial charge on any atom is 0.255 e. The Morgan fingerprint density at radius 1 is 1.30 bits per heavy atom. The van der Waals surface area contributed by atoms with Crippen molar-refractivity contribution in [2.45, 2.75) is 12.6 Å². The predicted molar refractivity (Wildman–Crippen MR) is 72.8 cm³/mol. The van der Waals surface area contributed by atoms with Crippen molar-refractivity contribution < 1.29 is 19.0 Å². The highest BCUT2D eigenvalue weighted by molar-refractivity contribution is 5.94. The quantitative estimate of drug-likeness (QED) is 0.825. The monoisotopic (exact) mass is 278 g/mol. The van der Waals surface area contributed by atoms with Gasteiger partial charge >= 0.3 is 0 Å². The molecule has 20 heavy (non-hydrogen) atoms. The lowest BCUT2D eigenvalue weighted by atomic mass is 10.1. The topological polar surface area (TPSA) is 68.8 Å². The molecule has 1 aromatic carbocycles. The van der Waals surface area contributed by atoms with Crippen molar-refractivity contribution in [3.8, 4) is 5.75 Å². The highest BCUT2D eigenvalue weighted by Crippen LogP contribution is 2.24. The lowest BCUT2D eigenvalue weighted by Crippen LogP contribution is -2.39. The molecule has 6 heteroatoms. The van der Waals surface area contributed by atoms with Crippen LogP contribution in [0.5, 0.6) is 5.75 Å². The molecule has 2 heterocycles. The van der Waals surface area contributed by atoms with Gasteiger partial charge in [-0.1, -0.05) is 0 Å². The molecular formula is C14H18N2O4. The highest BCUT2D eigenvalue weighted by Gasteiger charge is 2.23. The molecule has 6 nitrogen and oxygen atoms in total. The van der Waals surface area contributed by atoms with Crippen LogP contribution >= 0.6 is 0 Å². The van der Waals surface area contributed by atoms with Gasteiger partial charge in [0.15, 0.2) is 6.10 Å². The number of hydrogen-bond donors (Lipinski definition) is 2. The van der Waals surface area contributed by atoms with Crippen LogP contribution in [-0.4, -0.2) is 45.0 Å². The van der Waals surface area contributed by atoms with Crippen LogP contribution in [0.2, 0.25) is 0 Å². The van der Waals surface area contributed by atoms with Gasteiger partial charge in [0.25, 0.3) is 5.91 Å². The van der Waals surface area contributed by atoms with Gasteiger partial charge in [-0.15, -0.1) is 0 Å². The average Bonchev–Trinajstić information content (AvgIpc) is 2.73. The Morgan fingerprint density at radius 3 is 3.10 bits per heavy atom. The maximum atomic E-state index is 12.0. The fourth-order valence-electron chi connectivity index (χ4n) is 2.25. The third-order valence-corrected chi connectivity index (χ3v) is 3.29. The minimum absolute atomic E-state index is 0.174. The zero-order valence-electron chi connectivity index (χ0n) is 11.2. The van der Waals surface area contributed by atoms with Crippen LogP contribution in [0.15, 0.2) is 18.2 Å². The molecule has 1 saturated heterocycles. The van der Waals surface area contributed by atoms with Gasteiger partial charge in [-0.05, 0) is 18.2 Å². The van der Waals surface area contributed by atoms with Crippen LogP contribution in [0.3, 0.4) is 0 Å². The molecule has 1 unspecified atom stereocenters. The van der Waals surface area contributed by atoms with Crippen molar-refractivity contribution in [3.05, 3.63) is 23.8 Å². The zero-order chi connectivity index (χ0) is 13.8. The van der Waals surface area contributed by atoms with Gasteiger partial charge in [0.05, 0.1) is 19.8 Å². The van der Waals surface area contributed by atoms with E-state index in [1.165, 1.54) is 0 Å². The lowest BCUT2D eigenvalue weighted by Gasteiger charge is -2.22. The lowest BCUT2D eigenvalue weighted by molar-refractivity contribution is -0.142. The first-order valence-corrected chi connectivity index (χ1v) is 6.79. The van der Waals surface area contributed by atoms with Crippen LogP contribution in [0.25, 0.3) is 0 Å². The van der Waals surface area contributed by atoms with Gasteiger partial charge in [0, 0.05) is 24.3 Å². The van der Waals surface area contributed by atoms with Gasteiger partial charge in [-0.2, -0.15) is 0 Å². The Hall–Kier alpha value is -1.63. The fourth-order valence-corrected chi connectivity index (χ4v) is 2.25. The van der Waals surface area contributed by atoms with Gasteiger partial charge in [-0.3, -0.25) is 4.79 Å². The van der Waals surface area contributed by atoms with Crippen LogP contribution < -0.4 is 15.4 Å². The second kappa shape index (κ2) is 6.21. The minimum Gasteiger partial charge on any atom is -0.492 e. The smallest absolute Gasteiger partial charge is 0.255 e. The first-order chi connectivity index (χ1) is 9.83. The Morgan fingerprint density at radius 2 is 2.25 bits per heavy atom. The first kappa shape index (κ1) is 13.4. The largest absolute Gasteiger partial charge is 0.492 e. The molecule has 1 amide bonds. The summed E-state index contributed by atoms with van der Waals surface area (Å²) in [4.78, 5) is 12.0. The molecule has 2 N–H and O–H groups in total. The number of amides is 1. The van der Waals surface area contributed by atoms with Crippen LogP contribution in [0, 0.1) is 0 Å². The molecule has 1 aromatic rings. The number of carbonyl (C=O) groups is 1. The molecule has 0 bridgehead atoms. The summed E-state index contributed by atoms with van der Waals surface area (Å²) in [7, 11) is 0. The third-order valence-electron chi connectivity index (χ3n) is 3.29. The molecule has 2 aliphatic rings. The van der Waals surface area contributed by atoms with Crippen LogP contribution in [-0.2, 0) is 20.8 Å². The fraction of sp³-hybridized carbons (Fsp3) is 0.500. The normalized spacial score (nSPS) is 22.3. The summed E-state index contributed by atoms with van der Waals surface area (Å²) in [5.41, 5.74) is 1.79. The number of rotatable bonds is 2. The Balaban J connectivity index is 1.68. The Kier molecular flexibility index (Phi) is 4.15. The second-order valence-electron chi connectivity index (χ2n) is 4.77.